The first-order chi connectivity index (χ1) is 6.49. The molecule has 0 amide bonds. The first-order valence-electron chi connectivity index (χ1n) is 4.37. The van der Waals surface area contributed by atoms with Gasteiger partial charge < -0.3 is 5.11 Å². The van der Waals surface area contributed by atoms with E-state index in [-0.39, 0.29) is 11.2 Å². The van der Waals surface area contributed by atoms with E-state index in [0.29, 0.717) is 0 Å². The zero-order chi connectivity index (χ0) is 10.6. The SMILES string of the molecule is CC(C)(CC(=O)O)Sc1[c]cccc1. The molecule has 1 radical (unpaired) electrons. The number of aliphatic carboxylic acids is 1. The van der Waals surface area contributed by atoms with Crippen molar-refractivity contribution in [2.75, 3.05) is 0 Å². The molecule has 0 saturated carbocycles. The maximum Gasteiger partial charge on any atom is 0.304 e. The Hall–Kier alpha value is -0.960. The molecule has 0 spiro atoms. The fourth-order valence-electron chi connectivity index (χ4n) is 1.14. The van der Waals surface area contributed by atoms with E-state index in [1.54, 1.807) is 0 Å². The normalized spacial score (nSPS) is 11.3. The highest BCUT2D eigenvalue weighted by atomic mass is 32.2. The van der Waals surface area contributed by atoms with Crippen LogP contribution in [0.3, 0.4) is 0 Å². The lowest BCUT2D eigenvalue weighted by atomic mass is 10.1. The van der Waals surface area contributed by atoms with Gasteiger partial charge in [0, 0.05) is 9.64 Å². The smallest absolute Gasteiger partial charge is 0.304 e. The second kappa shape index (κ2) is 4.51. The van der Waals surface area contributed by atoms with E-state index in [1.807, 2.05) is 38.1 Å². The molecule has 0 saturated heterocycles. The van der Waals surface area contributed by atoms with Crippen LogP contribution in [0.1, 0.15) is 20.3 Å². The van der Waals surface area contributed by atoms with Gasteiger partial charge in [-0.2, -0.15) is 0 Å². The molecule has 1 aromatic carbocycles. The van der Waals surface area contributed by atoms with Crippen LogP contribution in [0, 0.1) is 6.07 Å². The number of hydrogen-bond donors (Lipinski definition) is 1. The van der Waals surface area contributed by atoms with Crippen molar-refractivity contribution in [3.63, 3.8) is 0 Å². The third kappa shape index (κ3) is 3.83. The van der Waals surface area contributed by atoms with Crippen molar-refractivity contribution in [2.45, 2.75) is 29.9 Å². The maximum atomic E-state index is 10.6. The van der Waals surface area contributed by atoms with Gasteiger partial charge in [-0.05, 0) is 26.0 Å². The molecule has 0 heterocycles. The van der Waals surface area contributed by atoms with Crippen molar-refractivity contribution in [1.82, 2.24) is 0 Å². The molecular formula is C11H13O2S. The summed E-state index contributed by atoms with van der Waals surface area (Å²) in [6.07, 6.45) is 0.153. The van der Waals surface area contributed by atoms with Gasteiger partial charge in [-0.15, -0.1) is 11.8 Å². The summed E-state index contributed by atoms with van der Waals surface area (Å²) in [5.41, 5.74) is 0. The summed E-state index contributed by atoms with van der Waals surface area (Å²) < 4.78 is -0.288. The average Bonchev–Trinajstić information content (AvgIpc) is 2.02. The zero-order valence-corrected chi connectivity index (χ0v) is 9.10. The monoisotopic (exact) mass is 209 g/mol. The van der Waals surface area contributed by atoms with Crippen LogP contribution in [-0.2, 0) is 4.79 Å². The second-order valence-corrected chi connectivity index (χ2v) is 5.41. The van der Waals surface area contributed by atoms with E-state index in [1.165, 1.54) is 11.8 Å². The van der Waals surface area contributed by atoms with Crippen molar-refractivity contribution >= 4 is 17.7 Å². The van der Waals surface area contributed by atoms with Crippen LogP contribution in [0.15, 0.2) is 29.2 Å². The predicted octanol–water partition coefficient (Wildman–Crippen LogP) is 2.83. The molecule has 1 aromatic rings. The molecule has 0 atom stereocenters. The molecule has 2 nitrogen and oxygen atoms in total. The van der Waals surface area contributed by atoms with Gasteiger partial charge in [-0.1, -0.05) is 18.2 Å². The number of hydrogen-bond acceptors (Lipinski definition) is 2. The molecule has 1 N–H and O–H groups in total. The van der Waals surface area contributed by atoms with Gasteiger partial charge in [0.2, 0.25) is 0 Å². The van der Waals surface area contributed by atoms with E-state index >= 15 is 0 Å². The van der Waals surface area contributed by atoms with Crippen molar-refractivity contribution in [3.8, 4) is 0 Å². The molecule has 0 aliphatic heterocycles. The van der Waals surface area contributed by atoms with Gasteiger partial charge in [-0.25, -0.2) is 0 Å². The van der Waals surface area contributed by atoms with Gasteiger partial charge in [0.1, 0.15) is 0 Å². The standard InChI is InChI=1S/C11H13O2S/c1-11(2,8-10(12)13)14-9-6-4-3-5-7-9/h3-6H,8H2,1-2H3,(H,12,13). The Kier molecular flexibility index (Phi) is 3.58. The number of rotatable bonds is 4. The highest BCUT2D eigenvalue weighted by Crippen LogP contribution is 2.34. The average molecular weight is 209 g/mol. The zero-order valence-electron chi connectivity index (χ0n) is 8.28. The summed E-state index contributed by atoms with van der Waals surface area (Å²) in [7, 11) is 0. The Morgan fingerprint density at radius 1 is 1.57 bits per heavy atom. The fraction of sp³-hybridized carbons (Fsp3) is 0.364. The van der Waals surface area contributed by atoms with Crippen molar-refractivity contribution < 1.29 is 9.90 Å². The Morgan fingerprint density at radius 2 is 2.29 bits per heavy atom. The number of carbonyl (C=O) groups is 1. The van der Waals surface area contributed by atoms with Gasteiger partial charge >= 0.3 is 5.97 Å². The molecule has 0 unspecified atom stereocenters. The lowest BCUT2D eigenvalue weighted by Crippen LogP contribution is -2.19. The van der Waals surface area contributed by atoms with Crippen LogP contribution in [-0.4, -0.2) is 15.8 Å². The summed E-state index contributed by atoms with van der Waals surface area (Å²) in [4.78, 5) is 11.6. The van der Waals surface area contributed by atoms with Crippen LogP contribution in [0.2, 0.25) is 0 Å². The van der Waals surface area contributed by atoms with Crippen LogP contribution in [0.25, 0.3) is 0 Å². The van der Waals surface area contributed by atoms with E-state index in [0.717, 1.165) is 4.90 Å². The summed E-state index contributed by atoms with van der Waals surface area (Å²) in [6, 6.07) is 10.7. The summed E-state index contributed by atoms with van der Waals surface area (Å²) >= 11 is 1.54. The minimum Gasteiger partial charge on any atom is -0.481 e. The van der Waals surface area contributed by atoms with Crippen LogP contribution in [0.5, 0.6) is 0 Å². The highest BCUT2D eigenvalue weighted by Gasteiger charge is 2.22. The topological polar surface area (TPSA) is 37.3 Å². The Labute approximate surface area is 88.3 Å². The van der Waals surface area contributed by atoms with E-state index in [4.69, 9.17) is 5.11 Å². The molecule has 3 heteroatoms. The molecule has 0 aliphatic rings. The summed E-state index contributed by atoms with van der Waals surface area (Å²) in [5, 5.41) is 8.70. The van der Waals surface area contributed by atoms with Crippen molar-refractivity contribution in [3.05, 3.63) is 30.3 Å². The summed E-state index contributed by atoms with van der Waals surface area (Å²) in [6.45, 7) is 3.85. The lowest BCUT2D eigenvalue weighted by molar-refractivity contribution is -0.137. The quantitative estimate of drug-likeness (QED) is 0.775. The van der Waals surface area contributed by atoms with Crippen LogP contribution < -0.4 is 0 Å². The minimum atomic E-state index is -0.765. The first kappa shape index (κ1) is 11.1. The predicted molar refractivity (Wildman–Crippen MR) is 57.5 cm³/mol. The number of thioether (sulfide) groups is 1. The number of carboxylic acid groups (broad SMARTS) is 1. The van der Waals surface area contributed by atoms with Gasteiger partial charge in [0.25, 0.3) is 0 Å². The minimum absolute atomic E-state index is 0.153. The van der Waals surface area contributed by atoms with Gasteiger partial charge in [0.15, 0.2) is 0 Å². The molecule has 0 fully saturated rings. The molecular weight excluding hydrogens is 196 g/mol. The highest BCUT2D eigenvalue weighted by molar-refractivity contribution is 8.00. The Balaban J connectivity index is 2.63. The molecule has 0 aromatic heterocycles. The van der Waals surface area contributed by atoms with Crippen LogP contribution >= 0.6 is 11.8 Å². The first-order valence-corrected chi connectivity index (χ1v) is 5.19. The molecule has 1 rings (SSSR count). The number of benzene rings is 1. The molecule has 0 bridgehead atoms. The van der Waals surface area contributed by atoms with E-state index in [9.17, 15) is 4.79 Å². The van der Waals surface area contributed by atoms with Crippen molar-refractivity contribution in [1.29, 1.82) is 0 Å². The largest absolute Gasteiger partial charge is 0.481 e. The Bertz CT molecular complexity index is 306. The fourth-order valence-corrected chi connectivity index (χ4v) is 2.20. The number of carboxylic acids is 1. The van der Waals surface area contributed by atoms with E-state index in [2.05, 4.69) is 6.07 Å². The Morgan fingerprint density at radius 3 is 2.79 bits per heavy atom. The van der Waals surface area contributed by atoms with E-state index < -0.39 is 5.97 Å². The molecule has 75 valence electrons. The third-order valence-corrected chi connectivity index (χ3v) is 2.81. The maximum absolute atomic E-state index is 10.6. The third-order valence-electron chi connectivity index (χ3n) is 1.64. The lowest BCUT2D eigenvalue weighted by Gasteiger charge is -2.21. The van der Waals surface area contributed by atoms with Gasteiger partial charge in [0.05, 0.1) is 6.42 Å². The summed E-state index contributed by atoms with van der Waals surface area (Å²) in [5.74, 6) is -0.765. The van der Waals surface area contributed by atoms with Crippen LogP contribution in [0.4, 0.5) is 0 Å². The molecule has 0 aliphatic carbocycles. The van der Waals surface area contributed by atoms with Gasteiger partial charge in [-0.3, -0.25) is 4.79 Å². The molecule has 14 heavy (non-hydrogen) atoms. The van der Waals surface area contributed by atoms with Crippen molar-refractivity contribution in [2.24, 2.45) is 0 Å². The second-order valence-electron chi connectivity index (χ2n) is 3.66.